The summed E-state index contributed by atoms with van der Waals surface area (Å²) in [5.74, 6) is -0.413. The van der Waals surface area contributed by atoms with Crippen molar-refractivity contribution in [2.45, 2.75) is 70.6 Å². The first-order valence-corrected chi connectivity index (χ1v) is 15.1. The number of amides is 1. The largest absolute Gasteiger partial charge is 0.330 e. The highest BCUT2D eigenvalue weighted by Gasteiger charge is 2.37. The average molecular weight is 529 g/mol. The topological polar surface area (TPSA) is 84.6 Å². The molecule has 1 amide bonds. The molecule has 2 aromatic heterocycles. The van der Waals surface area contributed by atoms with Crippen LogP contribution in [0.25, 0.3) is 5.65 Å². The fourth-order valence-electron chi connectivity index (χ4n) is 5.16. The first-order chi connectivity index (χ1) is 17.0. The fourth-order valence-corrected chi connectivity index (χ4v) is 6.15. The molecule has 1 aromatic carbocycles. The van der Waals surface area contributed by atoms with Crippen molar-refractivity contribution in [3.63, 3.8) is 0 Å². The van der Waals surface area contributed by atoms with Gasteiger partial charge in [0.1, 0.15) is 0 Å². The minimum atomic E-state index is -3.32. The molecule has 3 aromatic rings. The second-order valence-electron chi connectivity index (χ2n) is 10.9. The zero-order valence-electron chi connectivity index (χ0n) is 21.1. The van der Waals surface area contributed by atoms with E-state index >= 15 is 0 Å². The lowest BCUT2D eigenvalue weighted by atomic mass is 9.97. The maximum Gasteiger partial charge on any atom is 0.254 e. The van der Waals surface area contributed by atoms with Crippen LogP contribution in [0.1, 0.15) is 84.4 Å². The molecule has 1 aliphatic carbocycles. The van der Waals surface area contributed by atoms with Crippen LogP contribution in [0.3, 0.4) is 0 Å². The molecule has 1 saturated carbocycles. The lowest BCUT2D eigenvalue weighted by Crippen LogP contribution is -2.39. The molecule has 1 unspecified atom stereocenters. The number of likely N-dealkylation sites (tertiary alicyclic amines) is 1. The zero-order chi connectivity index (χ0) is 25.7. The number of aromatic nitrogens is 3. The van der Waals surface area contributed by atoms with E-state index < -0.39 is 9.84 Å². The highest BCUT2D eigenvalue weighted by atomic mass is 35.5. The number of sulfone groups is 1. The van der Waals surface area contributed by atoms with Gasteiger partial charge < -0.3 is 4.90 Å². The van der Waals surface area contributed by atoms with Gasteiger partial charge in [0.2, 0.25) is 0 Å². The van der Waals surface area contributed by atoms with Crippen LogP contribution in [0, 0.1) is 12.3 Å². The van der Waals surface area contributed by atoms with Crippen molar-refractivity contribution in [2.24, 2.45) is 5.41 Å². The highest BCUT2D eigenvalue weighted by molar-refractivity contribution is 7.89. The number of piperidine rings is 1. The van der Waals surface area contributed by atoms with Gasteiger partial charge in [0.25, 0.3) is 5.91 Å². The van der Waals surface area contributed by atoms with Crippen molar-refractivity contribution in [1.29, 1.82) is 0 Å². The molecule has 0 spiro atoms. The molecule has 1 saturated heterocycles. The molecular formula is C27H33ClN4O3S. The lowest BCUT2D eigenvalue weighted by Gasteiger charge is -2.35. The number of rotatable bonds is 7. The molecule has 2 aliphatic rings. The summed E-state index contributed by atoms with van der Waals surface area (Å²) in [6.45, 7) is 5.00. The Labute approximate surface area is 217 Å². The van der Waals surface area contributed by atoms with E-state index in [9.17, 15) is 13.2 Å². The third-order valence-electron chi connectivity index (χ3n) is 7.65. The van der Waals surface area contributed by atoms with Crippen molar-refractivity contribution in [3.8, 4) is 0 Å². The van der Waals surface area contributed by atoms with Crippen molar-refractivity contribution in [2.75, 3.05) is 12.8 Å². The van der Waals surface area contributed by atoms with E-state index in [1.54, 1.807) is 18.2 Å². The van der Waals surface area contributed by atoms with E-state index in [0.717, 1.165) is 54.7 Å². The molecule has 36 heavy (non-hydrogen) atoms. The number of benzene rings is 1. The summed E-state index contributed by atoms with van der Waals surface area (Å²) in [6.07, 6.45) is 10.6. The summed E-state index contributed by atoms with van der Waals surface area (Å²) in [7, 11) is -3.32. The first kappa shape index (κ1) is 25.2. The van der Waals surface area contributed by atoms with E-state index in [4.69, 9.17) is 21.7 Å². The van der Waals surface area contributed by atoms with Crippen LogP contribution in [-0.4, -0.2) is 46.6 Å². The molecule has 1 atom stereocenters. The Morgan fingerprint density at radius 2 is 2.00 bits per heavy atom. The molecule has 0 N–H and O–H groups in total. The molecular weight excluding hydrogens is 496 g/mol. The number of hydrogen-bond acceptors (Lipinski definition) is 5. The Morgan fingerprint density at radius 1 is 1.22 bits per heavy atom. The Balaban J connectivity index is 1.45. The molecule has 3 heterocycles. The number of aryl methyl sites for hydroxylation is 2. The van der Waals surface area contributed by atoms with Gasteiger partial charge >= 0.3 is 0 Å². The van der Waals surface area contributed by atoms with Crippen LogP contribution in [0.4, 0.5) is 0 Å². The quantitative estimate of drug-likeness (QED) is 0.413. The van der Waals surface area contributed by atoms with Gasteiger partial charge in [0.15, 0.2) is 15.5 Å². The smallest absolute Gasteiger partial charge is 0.254 e. The lowest BCUT2D eigenvalue weighted by molar-refractivity contribution is 0.0605. The van der Waals surface area contributed by atoms with Gasteiger partial charge in [-0.05, 0) is 80.5 Å². The summed E-state index contributed by atoms with van der Waals surface area (Å²) in [6, 6.07) is 6.64. The van der Waals surface area contributed by atoms with Crippen LogP contribution in [0.2, 0.25) is 5.02 Å². The van der Waals surface area contributed by atoms with E-state index in [0.29, 0.717) is 28.1 Å². The predicted octanol–water partition coefficient (Wildman–Crippen LogP) is 5.34. The molecule has 7 nitrogen and oxygen atoms in total. The van der Waals surface area contributed by atoms with Crippen molar-refractivity contribution in [3.05, 3.63) is 63.6 Å². The second kappa shape index (κ2) is 9.45. The minimum Gasteiger partial charge on any atom is -0.330 e. The second-order valence-corrected chi connectivity index (χ2v) is 13.5. The van der Waals surface area contributed by atoms with Gasteiger partial charge in [-0.25, -0.2) is 17.9 Å². The SMILES string of the molecule is Cc1cn2nc(C3CCCCN3C(=O)c3cc(Cl)ccc3CS(C)(=O)=O)cc2nc1CCC1(C)CC1. The molecule has 192 valence electrons. The molecule has 1 aliphatic heterocycles. The van der Waals surface area contributed by atoms with Gasteiger partial charge in [-0.1, -0.05) is 24.6 Å². The van der Waals surface area contributed by atoms with Gasteiger partial charge in [-0.3, -0.25) is 4.79 Å². The Kier molecular flexibility index (Phi) is 6.62. The number of fused-ring (bicyclic) bond motifs is 1. The summed E-state index contributed by atoms with van der Waals surface area (Å²) >= 11 is 6.22. The maximum atomic E-state index is 13.8. The highest BCUT2D eigenvalue weighted by Crippen LogP contribution is 2.48. The van der Waals surface area contributed by atoms with Crippen molar-refractivity contribution in [1.82, 2.24) is 19.5 Å². The molecule has 0 radical (unpaired) electrons. The molecule has 9 heteroatoms. The van der Waals surface area contributed by atoms with Crippen LogP contribution >= 0.6 is 11.6 Å². The molecule has 0 bridgehead atoms. The van der Waals surface area contributed by atoms with Crippen LogP contribution in [-0.2, 0) is 22.0 Å². The van der Waals surface area contributed by atoms with Gasteiger partial charge in [-0.2, -0.15) is 5.10 Å². The Bertz CT molecular complexity index is 1430. The summed E-state index contributed by atoms with van der Waals surface area (Å²) < 4.78 is 25.8. The van der Waals surface area contributed by atoms with Gasteiger partial charge in [-0.15, -0.1) is 0 Å². The Hall–Kier alpha value is -2.45. The third kappa shape index (κ3) is 5.44. The van der Waals surface area contributed by atoms with Gasteiger partial charge in [0.05, 0.1) is 17.5 Å². The monoisotopic (exact) mass is 528 g/mol. The van der Waals surface area contributed by atoms with E-state index in [2.05, 4.69) is 13.8 Å². The zero-order valence-corrected chi connectivity index (χ0v) is 22.7. The molecule has 5 rings (SSSR count). The van der Waals surface area contributed by atoms with Gasteiger partial charge in [0, 0.05) is 41.3 Å². The number of halogens is 1. The average Bonchev–Trinajstić information content (AvgIpc) is 3.42. The fraction of sp³-hybridized carbons (Fsp3) is 0.519. The first-order valence-electron chi connectivity index (χ1n) is 12.6. The number of carbonyl (C=O) groups excluding carboxylic acids is 1. The number of hydrogen-bond donors (Lipinski definition) is 0. The number of nitrogens with zero attached hydrogens (tertiary/aromatic N) is 4. The van der Waals surface area contributed by atoms with E-state index in [1.165, 1.54) is 19.1 Å². The van der Waals surface area contributed by atoms with E-state index in [1.807, 2.05) is 21.7 Å². The maximum absolute atomic E-state index is 13.8. The van der Waals surface area contributed by atoms with Crippen molar-refractivity contribution >= 4 is 33.0 Å². The standard InChI is InChI=1S/C27H33ClN4O3S/c1-18-16-32-25(29-22(18)9-10-27(2)11-12-27)15-23(30-32)24-6-4-5-13-31(24)26(33)21-14-20(28)8-7-19(21)17-36(3,34)35/h7-8,14-16,24H,4-6,9-13,17H2,1-3H3. The van der Waals surface area contributed by atoms with E-state index in [-0.39, 0.29) is 17.7 Å². The summed E-state index contributed by atoms with van der Waals surface area (Å²) in [5.41, 5.74) is 5.14. The summed E-state index contributed by atoms with van der Waals surface area (Å²) in [4.78, 5) is 20.5. The minimum absolute atomic E-state index is 0.202. The van der Waals surface area contributed by atoms with Crippen molar-refractivity contribution < 1.29 is 13.2 Å². The third-order valence-corrected chi connectivity index (χ3v) is 8.72. The normalized spacial score (nSPS) is 19.6. The summed E-state index contributed by atoms with van der Waals surface area (Å²) in [5, 5.41) is 5.23. The molecule has 2 fully saturated rings. The number of carbonyl (C=O) groups is 1. The predicted molar refractivity (Wildman–Crippen MR) is 141 cm³/mol. The van der Waals surface area contributed by atoms with Crippen LogP contribution in [0.15, 0.2) is 30.5 Å². The van der Waals surface area contributed by atoms with Crippen LogP contribution < -0.4 is 0 Å². The Morgan fingerprint density at radius 3 is 2.72 bits per heavy atom. The van der Waals surface area contributed by atoms with Crippen LogP contribution in [0.5, 0.6) is 0 Å².